The van der Waals surface area contributed by atoms with Gasteiger partial charge in [0.25, 0.3) is 0 Å². The Morgan fingerprint density at radius 1 is 0.321 bits per heavy atom. The average molecular weight is 749 g/mol. The third kappa shape index (κ3) is 4.83. The fraction of sp³-hybridized carbons (Fsp3) is 0. The van der Waals surface area contributed by atoms with Crippen molar-refractivity contribution in [3.05, 3.63) is 170 Å². The molecule has 6 heteroatoms. The van der Waals surface area contributed by atoms with Crippen LogP contribution in [0.4, 0.5) is 0 Å². The van der Waals surface area contributed by atoms with E-state index < -0.39 is 0 Å². The Kier molecular flexibility index (Phi) is 6.93. The Labute approximate surface area is 329 Å². The van der Waals surface area contributed by atoms with Crippen LogP contribution in [0.2, 0.25) is 0 Å². The number of thiophene rings is 2. The lowest BCUT2D eigenvalue weighted by Crippen LogP contribution is -2.02. The number of hydrogen-bond acceptors (Lipinski definition) is 6. The number of para-hydroxylation sites is 1. The summed E-state index contributed by atoms with van der Waals surface area (Å²) in [4.78, 5) is 21.4. The summed E-state index contributed by atoms with van der Waals surface area (Å²) in [5.74, 6) is 1.85. The Morgan fingerprint density at radius 3 is 1.80 bits per heavy atom. The van der Waals surface area contributed by atoms with Crippen LogP contribution in [0.15, 0.2) is 170 Å². The molecular weight excluding hydrogens is 721 g/mol. The molecule has 4 nitrogen and oxygen atoms in total. The Balaban J connectivity index is 1.18. The normalized spacial score (nSPS) is 11.9. The first-order valence-electron chi connectivity index (χ1n) is 18.6. The van der Waals surface area contributed by atoms with E-state index in [9.17, 15) is 0 Å². The van der Waals surface area contributed by atoms with Crippen molar-refractivity contribution in [3.63, 3.8) is 0 Å². The Morgan fingerprint density at radius 2 is 0.929 bits per heavy atom. The molecule has 0 unspecified atom stereocenters. The molecule has 0 amide bonds. The number of fused-ring (bicyclic) bond motifs is 11. The van der Waals surface area contributed by atoms with E-state index >= 15 is 0 Å². The van der Waals surface area contributed by atoms with E-state index in [2.05, 4.69) is 170 Å². The molecule has 0 radical (unpaired) electrons. The van der Waals surface area contributed by atoms with Gasteiger partial charge in [-0.15, -0.1) is 22.7 Å². The molecule has 0 saturated carbocycles. The Bertz CT molecular complexity index is 3540. The highest BCUT2D eigenvalue weighted by molar-refractivity contribution is 7.26. The van der Waals surface area contributed by atoms with Gasteiger partial charge in [0.15, 0.2) is 17.5 Å². The maximum atomic E-state index is 5.55. The predicted molar refractivity (Wildman–Crippen MR) is 238 cm³/mol. The van der Waals surface area contributed by atoms with Gasteiger partial charge >= 0.3 is 0 Å². The molecular formula is C50H28N4S2. The maximum absolute atomic E-state index is 5.55. The molecule has 8 aromatic carbocycles. The lowest BCUT2D eigenvalue weighted by molar-refractivity contribution is 1.08. The summed E-state index contributed by atoms with van der Waals surface area (Å²) >= 11 is 3.63. The molecule has 4 heterocycles. The lowest BCUT2D eigenvalue weighted by atomic mass is 9.95. The monoisotopic (exact) mass is 748 g/mol. The number of nitrogens with zero attached hydrogens (tertiary/aromatic N) is 4. The molecule has 0 aliphatic heterocycles. The van der Waals surface area contributed by atoms with Crippen LogP contribution >= 0.6 is 22.7 Å². The van der Waals surface area contributed by atoms with Crippen molar-refractivity contribution >= 4 is 95.5 Å². The molecule has 0 N–H and O–H groups in total. The number of rotatable bonds is 4. The SMILES string of the molecule is c1ccc(-c2nc3c(-c4nc(-c5ccc6c(c5)sc5ccccc56)nc(-c5cccc6ccccc56)n4)cccc3c3c2ccc2sc4ccccc4c23)cc1. The number of hydrogen-bond donors (Lipinski definition) is 0. The van der Waals surface area contributed by atoms with E-state index in [1.807, 2.05) is 11.3 Å². The number of benzene rings is 8. The highest BCUT2D eigenvalue weighted by Crippen LogP contribution is 2.45. The second-order valence-electron chi connectivity index (χ2n) is 14.1. The van der Waals surface area contributed by atoms with Crippen LogP contribution < -0.4 is 0 Å². The minimum atomic E-state index is 0.591. The highest BCUT2D eigenvalue weighted by atomic mass is 32.1. The molecule has 0 atom stereocenters. The van der Waals surface area contributed by atoms with Crippen molar-refractivity contribution in [2.75, 3.05) is 0 Å². The highest BCUT2D eigenvalue weighted by Gasteiger charge is 2.21. The zero-order chi connectivity index (χ0) is 36.7. The molecule has 0 aliphatic carbocycles. The molecule has 12 aromatic rings. The van der Waals surface area contributed by atoms with Crippen molar-refractivity contribution in [2.45, 2.75) is 0 Å². The minimum absolute atomic E-state index is 0.591. The first-order valence-corrected chi connectivity index (χ1v) is 20.3. The summed E-state index contributed by atoms with van der Waals surface area (Å²) in [6.45, 7) is 0. The van der Waals surface area contributed by atoms with E-state index in [1.54, 1.807) is 11.3 Å². The summed E-state index contributed by atoms with van der Waals surface area (Å²) in [6.07, 6.45) is 0. The van der Waals surface area contributed by atoms with E-state index in [0.717, 1.165) is 55.0 Å². The second kappa shape index (κ2) is 12.3. The van der Waals surface area contributed by atoms with Gasteiger partial charge in [0.1, 0.15) is 0 Å². The zero-order valence-corrected chi connectivity index (χ0v) is 31.4. The van der Waals surface area contributed by atoms with Gasteiger partial charge in [0.05, 0.1) is 11.2 Å². The van der Waals surface area contributed by atoms with Gasteiger partial charge in [0, 0.05) is 78.8 Å². The predicted octanol–water partition coefficient (Wildman–Crippen LogP) is 14.1. The summed E-state index contributed by atoms with van der Waals surface area (Å²) in [5, 5.41) is 10.7. The molecule has 0 bridgehead atoms. The van der Waals surface area contributed by atoms with E-state index in [0.29, 0.717) is 17.5 Å². The van der Waals surface area contributed by atoms with Crippen molar-refractivity contribution in [1.82, 2.24) is 19.9 Å². The molecule has 4 aromatic heterocycles. The van der Waals surface area contributed by atoms with Crippen molar-refractivity contribution < 1.29 is 0 Å². The first kappa shape index (κ1) is 31.5. The number of pyridine rings is 1. The van der Waals surface area contributed by atoms with Crippen LogP contribution in [0.1, 0.15) is 0 Å². The summed E-state index contributed by atoms with van der Waals surface area (Å²) < 4.78 is 5.00. The quantitative estimate of drug-likeness (QED) is 0.168. The van der Waals surface area contributed by atoms with Crippen LogP contribution in [-0.2, 0) is 0 Å². The van der Waals surface area contributed by atoms with Crippen LogP contribution in [0.25, 0.3) is 118 Å². The minimum Gasteiger partial charge on any atom is -0.246 e. The van der Waals surface area contributed by atoms with Crippen molar-refractivity contribution in [1.29, 1.82) is 0 Å². The third-order valence-electron chi connectivity index (χ3n) is 10.9. The first-order chi connectivity index (χ1) is 27.7. The second-order valence-corrected chi connectivity index (χ2v) is 16.3. The molecule has 12 rings (SSSR count). The zero-order valence-electron chi connectivity index (χ0n) is 29.8. The molecule has 0 saturated heterocycles. The molecule has 260 valence electrons. The molecule has 0 spiro atoms. The van der Waals surface area contributed by atoms with Crippen LogP contribution in [-0.4, -0.2) is 19.9 Å². The van der Waals surface area contributed by atoms with E-state index in [-0.39, 0.29) is 0 Å². The Hall–Kier alpha value is -6.86. The molecule has 0 fully saturated rings. The van der Waals surface area contributed by atoms with Gasteiger partial charge in [-0.25, -0.2) is 19.9 Å². The van der Waals surface area contributed by atoms with Crippen LogP contribution in [0.3, 0.4) is 0 Å². The van der Waals surface area contributed by atoms with Gasteiger partial charge in [-0.3, -0.25) is 0 Å². The standard InChI is InChI=1S/C50H28N4S2/c1-2-13-30(14-3-1)46-38-26-27-42-45(36-18-7-9-23-41(36)55-42)44(38)37-20-11-21-39(47(37)51-46)50-53-48(31-24-25-34-33-17-6-8-22-40(33)56-43(34)28-31)52-49(54-50)35-19-10-15-29-12-4-5-16-32(29)35/h1-28H. The number of aromatic nitrogens is 4. The van der Waals surface area contributed by atoms with Gasteiger partial charge in [-0.1, -0.05) is 140 Å². The molecule has 0 aliphatic rings. The van der Waals surface area contributed by atoms with Gasteiger partial charge in [0.2, 0.25) is 0 Å². The average Bonchev–Trinajstić information content (AvgIpc) is 3.84. The van der Waals surface area contributed by atoms with Gasteiger partial charge in [-0.05, 0) is 41.1 Å². The lowest BCUT2D eigenvalue weighted by Gasteiger charge is -2.15. The fourth-order valence-corrected chi connectivity index (χ4v) is 10.6. The van der Waals surface area contributed by atoms with E-state index in [1.165, 1.54) is 45.7 Å². The van der Waals surface area contributed by atoms with Crippen LogP contribution in [0.5, 0.6) is 0 Å². The topological polar surface area (TPSA) is 51.6 Å². The smallest absolute Gasteiger partial charge is 0.166 e. The third-order valence-corrected chi connectivity index (χ3v) is 13.2. The summed E-state index contributed by atoms with van der Waals surface area (Å²) in [6, 6.07) is 60.1. The van der Waals surface area contributed by atoms with Crippen molar-refractivity contribution in [3.8, 4) is 45.4 Å². The molecule has 56 heavy (non-hydrogen) atoms. The van der Waals surface area contributed by atoms with Crippen LogP contribution in [0, 0.1) is 0 Å². The summed E-state index contributed by atoms with van der Waals surface area (Å²) in [7, 11) is 0. The van der Waals surface area contributed by atoms with Gasteiger partial charge in [-0.2, -0.15) is 0 Å². The maximum Gasteiger partial charge on any atom is 0.166 e. The summed E-state index contributed by atoms with van der Waals surface area (Å²) in [5.41, 5.74) is 5.65. The van der Waals surface area contributed by atoms with E-state index in [4.69, 9.17) is 19.9 Å². The fourth-order valence-electron chi connectivity index (χ4n) is 8.36. The van der Waals surface area contributed by atoms with Crippen molar-refractivity contribution in [2.24, 2.45) is 0 Å². The van der Waals surface area contributed by atoms with Gasteiger partial charge < -0.3 is 0 Å². The largest absolute Gasteiger partial charge is 0.246 e.